The summed E-state index contributed by atoms with van der Waals surface area (Å²) >= 11 is 0. The zero-order chi connectivity index (χ0) is 9.82. The van der Waals surface area contributed by atoms with Gasteiger partial charge in [-0.1, -0.05) is 19.8 Å². The summed E-state index contributed by atoms with van der Waals surface area (Å²) in [6, 6.07) is 0. The topological polar surface area (TPSA) is 38.7 Å². The van der Waals surface area contributed by atoms with Crippen molar-refractivity contribution in [1.82, 2.24) is 0 Å². The Morgan fingerprint density at radius 3 is 1.75 bits per heavy atom. The standard InChI is InChI=1S/C5H12O.C4H10O2/c1-2-3-4-5-6;1-4(5-2)6-3/h6H,2-5H2,1H3;4H,1-3H3. The molecule has 0 fully saturated rings. The third-order valence-electron chi connectivity index (χ3n) is 1.43. The summed E-state index contributed by atoms with van der Waals surface area (Å²) in [6.07, 6.45) is 3.26. The van der Waals surface area contributed by atoms with Gasteiger partial charge in [0.2, 0.25) is 0 Å². The van der Waals surface area contributed by atoms with Gasteiger partial charge in [0.15, 0.2) is 6.29 Å². The summed E-state index contributed by atoms with van der Waals surface area (Å²) in [5.41, 5.74) is 0. The Morgan fingerprint density at radius 2 is 1.67 bits per heavy atom. The normalized spacial score (nSPS) is 9.50. The summed E-state index contributed by atoms with van der Waals surface area (Å²) in [6.45, 7) is 4.31. The number of aliphatic hydroxyl groups is 1. The van der Waals surface area contributed by atoms with Gasteiger partial charge in [-0.3, -0.25) is 0 Å². The highest BCUT2D eigenvalue weighted by molar-refractivity contribution is 4.30. The second-order valence-corrected chi connectivity index (χ2v) is 2.47. The van der Waals surface area contributed by atoms with Crippen LogP contribution in [0.3, 0.4) is 0 Å². The fourth-order valence-electron chi connectivity index (χ4n) is 0.458. The summed E-state index contributed by atoms with van der Waals surface area (Å²) in [5, 5.41) is 8.20. The first-order valence-electron chi connectivity index (χ1n) is 4.39. The van der Waals surface area contributed by atoms with Gasteiger partial charge < -0.3 is 14.6 Å². The molecule has 0 aliphatic carbocycles. The number of methoxy groups -OCH3 is 2. The lowest BCUT2D eigenvalue weighted by Gasteiger charge is -2.03. The molecule has 0 saturated carbocycles. The van der Waals surface area contributed by atoms with Crippen LogP contribution in [0, 0.1) is 0 Å². The molecule has 3 heteroatoms. The molecular formula is C9H22O3. The van der Waals surface area contributed by atoms with E-state index in [0.717, 1.165) is 12.8 Å². The van der Waals surface area contributed by atoms with Crippen LogP contribution in [0.15, 0.2) is 0 Å². The predicted molar refractivity (Wildman–Crippen MR) is 50.1 cm³/mol. The van der Waals surface area contributed by atoms with Crippen LogP contribution in [0.4, 0.5) is 0 Å². The van der Waals surface area contributed by atoms with E-state index in [-0.39, 0.29) is 6.29 Å². The highest BCUT2D eigenvalue weighted by atomic mass is 16.7. The Hall–Kier alpha value is -0.120. The van der Waals surface area contributed by atoms with Crippen LogP contribution in [0.5, 0.6) is 0 Å². The zero-order valence-corrected chi connectivity index (χ0v) is 8.67. The lowest BCUT2D eigenvalue weighted by atomic mass is 10.3. The minimum absolute atomic E-state index is 0.0648. The number of aliphatic hydroxyl groups excluding tert-OH is 1. The summed E-state index contributed by atoms with van der Waals surface area (Å²) < 4.78 is 9.35. The molecule has 0 radical (unpaired) electrons. The third kappa shape index (κ3) is 16.5. The molecule has 3 nitrogen and oxygen atoms in total. The number of unbranched alkanes of at least 4 members (excludes halogenated alkanes) is 2. The van der Waals surface area contributed by atoms with Gasteiger partial charge >= 0.3 is 0 Å². The molecule has 0 atom stereocenters. The molecule has 0 saturated heterocycles. The average molecular weight is 178 g/mol. The Bertz CT molecular complexity index is 58.8. The molecule has 12 heavy (non-hydrogen) atoms. The van der Waals surface area contributed by atoms with Crippen molar-refractivity contribution in [1.29, 1.82) is 0 Å². The molecular weight excluding hydrogens is 156 g/mol. The van der Waals surface area contributed by atoms with Crippen LogP contribution in [0.2, 0.25) is 0 Å². The molecule has 0 aromatic carbocycles. The van der Waals surface area contributed by atoms with Gasteiger partial charge in [-0.15, -0.1) is 0 Å². The van der Waals surface area contributed by atoms with E-state index < -0.39 is 0 Å². The van der Waals surface area contributed by atoms with E-state index >= 15 is 0 Å². The van der Waals surface area contributed by atoms with Gasteiger partial charge in [-0.25, -0.2) is 0 Å². The van der Waals surface area contributed by atoms with Crippen LogP contribution in [0.1, 0.15) is 33.1 Å². The minimum atomic E-state index is -0.0648. The van der Waals surface area contributed by atoms with E-state index in [9.17, 15) is 0 Å². The Labute approximate surface area is 75.7 Å². The molecule has 0 bridgehead atoms. The Morgan fingerprint density at radius 1 is 1.17 bits per heavy atom. The van der Waals surface area contributed by atoms with E-state index in [0.29, 0.717) is 6.61 Å². The highest BCUT2D eigenvalue weighted by Crippen LogP contribution is 1.89. The maximum Gasteiger partial charge on any atom is 0.154 e. The van der Waals surface area contributed by atoms with E-state index in [4.69, 9.17) is 5.11 Å². The van der Waals surface area contributed by atoms with Crippen molar-refractivity contribution in [2.45, 2.75) is 39.4 Å². The quantitative estimate of drug-likeness (QED) is 0.515. The monoisotopic (exact) mass is 178 g/mol. The number of hydrogen-bond donors (Lipinski definition) is 1. The summed E-state index contributed by atoms with van der Waals surface area (Å²) in [4.78, 5) is 0. The molecule has 0 heterocycles. The van der Waals surface area contributed by atoms with Gasteiger partial charge in [0.1, 0.15) is 0 Å². The SMILES string of the molecule is CCCCCO.COC(C)OC. The van der Waals surface area contributed by atoms with Crippen LogP contribution in [0.25, 0.3) is 0 Å². The molecule has 0 aliphatic rings. The largest absolute Gasteiger partial charge is 0.396 e. The highest BCUT2D eigenvalue weighted by Gasteiger charge is 1.87. The molecule has 0 aromatic rings. The van der Waals surface area contributed by atoms with E-state index in [2.05, 4.69) is 16.4 Å². The third-order valence-corrected chi connectivity index (χ3v) is 1.43. The summed E-state index contributed by atoms with van der Waals surface area (Å²) in [7, 11) is 3.21. The first-order chi connectivity index (χ1) is 5.72. The van der Waals surface area contributed by atoms with Crippen LogP contribution >= 0.6 is 0 Å². The molecule has 1 N–H and O–H groups in total. The molecule has 0 rings (SSSR count). The van der Waals surface area contributed by atoms with Crippen LogP contribution in [-0.2, 0) is 9.47 Å². The van der Waals surface area contributed by atoms with Crippen molar-refractivity contribution in [2.75, 3.05) is 20.8 Å². The second-order valence-electron chi connectivity index (χ2n) is 2.47. The average Bonchev–Trinajstić information content (AvgIpc) is 2.14. The van der Waals surface area contributed by atoms with Gasteiger partial charge in [0.05, 0.1) is 0 Å². The maximum absolute atomic E-state index is 8.20. The zero-order valence-electron chi connectivity index (χ0n) is 8.67. The molecule has 76 valence electrons. The molecule has 0 unspecified atom stereocenters. The number of rotatable bonds is 5. The second kappa shape index (κ2) is 13.5. The first-order valence-corrected chi connectivity index (χ1v) is 4.39. The molecule has 0 aliphatic heterocycles. The van der Waals surface area contributed by atoms with Crippen LogP contribution < -0.4 is 0 Å². The number of ether oxygens (including phenoxy) is 2. The van der Waals surface area contributed by atoms with Crippen molar-refractivity contribution in [3.63, 3.8) is 0 Å². The Kier molecular flexibility index (Phi) is 16.2. The maximum atomic E-state index is 8.20. The van der Waals surface area contributed by atoms with Crippen molar-refractivity contribution in [3.05, 3.63) is 0 Å². The predicted octanol–water partition coefficient (Wildman–Crippen LogP) is 1.79. The molecule has 0 spiro atoms. The Balaban J connectivity index is 0. The summed E-state index contributed by atoms with van der Waals surface area (Å²) in [5.74, 6) is 0. The van der Waals surface area contributed by atoms with Crippen molar-refractivity contribution in [3.8, 4) is 0 Å². The van der Waals surface area contributed by atoms with Crippen molar-refractivity contribution in [2.24, 2.45) is 0 Å². The van der Waals surface area contributed by atoms with Crippen LogP contribution in [-0.4, -0.2) is 32.2 Å². The lowest BCUT2D eigenvalue weighted by Crippen LogP contribution is -2.05. The fraction of sp³-hybridized carbons (Fsp3) is 1.00. The fourth-order valence-corrected chi connectivity index (χ4v) is 0.458. The van der Waals surface area contributed by atoms with Gasteiger partial charge in [-0.05, 0) is 13.3 Å². The van der Waals surface area contributed by atoms with E-state index in [1.54, 1.807) is 14.2 Å². The van der Waals surface area contributed by atoms with Gasteiger partial charge in [0.25, 0.3) is 0 Å². The van der Waals surface area contributed by atoms with Gasteiger partial charge in [0, 0.05) is 20.8 Å². The first kappa shape index (κ1) is 14.4. The smallest absolute Gasteiger partial charge is 0.154 e. The van der Waals surface area contributed by atoms with E-state index in [1.165, 1.54) is 6.42 Å². The van der Waals surface area contributed by atoms with Crippen molar-refractivity contribution < 1.29 is 14.6 Å². The molecule has 0 aromatic heterocycles. The minimum Gasteiger partial charge on any atom is -0.396 e. The van der Waals surface area contributed by atoms with Gasteiger partial charge in [-0.2, -0.15) is 0 Å². The van der Waals surface area contributed by atoms with E-state index in [1.807, 2.05) is 6.92 Å². The van der Waals surface area contributed by atoms with Crippen molar-refractivity contribution >= 4 is 0 Å². The number of hydrogen-bond acceptors (Lipinski definition) is 3. The molecule has 0 amide bonds. The lowest BCUT2D eigenvalue weighted by molar-refractivity contribution is -0.0877.